The van der Waals surface area contributed by atoms with Crippen LogP contribution in [0.25, 0.3) is 5.57 Å². The van der Waals surface area contributed by atoms with Gasteiger partial charge in [-0.25, -0.2) is 4.79 Å². The zero-order valence-corrected chi connectivity index (χ0v) is 10.3. The number of carbonyl (C=O) groups is 2. The zero-order chi connectivity index (χ0) is 13.4. The molecule has 0 aromatic heterocycles. The molecule has 0 spiro atoms. The number of benzene rings is 1. The maximum absolute atomic E-state index is 11.0. The molecule has 1 aromatic rings. The molecule has 0 fully saturated rings. The van der Waals surface area contributed by atoms with Crippen LogP contribution in [0.5, 0.6) is 5.75 Å². The van der Waals surface area contributed by atoms with Crippen molar-refractivity contribution in [3.63, 3.8) is 0 Å². The Morgan fingerprint density at radius 3 is 2.28 bits per heavy atom. The molecule has 18 heavy (non-hydrogen) atoms. The topological polar surface area (TPSA) is 52.6 Å². The van der Waals surface area contributed by atoms with Gasteiger partial charge in [-0.05, 0) is 35.4 Å². The molecule has 0 saturated heterocycles. The highest BCUT2D eigenvalue weighted by Gasteiger charge is 2.00. The van der Waals surface area contributed by atoms with E-state index in [0.717, 1.165) is 11.3 Å². The van der Waals surface area contributed by atoms with Gasteiger partial charge in [0.15, 0.2) is 0 Å². The van der Waals surface area contributed by atoms with Gasteiger partial charge in [0.25, 0.3) is 0 Å². The maximum Gasteiger partial charge on any atom is 0.330 e. The second kappa shape index (κ2) is 7.06. The third-order valence-electron chi connectivity index (χ3n) is 2.27. The number of esters is 1. The van der Waals surface area contributed by atoms with Gasteiger partial charge in [-0.15, -0.1) is 0 Å². The fourth-order valence-corrected chi connectivity index (χ4v) is 1.33. The molecule has 0 saturated carbocycles. The SMILES string of the molecule is COC(=O)/C=C/C(=C\C=O)c1ccc(OC)cc1. The number of ether oxygens (including phenoxy) is 2. The van der Waals surface area contributed by atoms with Gasteiger partial charge in [0.1, 0.15) is 12.0 Å². The summed E-state index contributed by atoms with van der Waals surface area (Å²) in [5, 5.41) is 0. The monoisotopic (exact) mass is 246 g/mol. The number of allylic oxidation sites excluding steroid dienone is 3. The number of rotatable bonds is 5. The first-order chi connectivity index (χ1) is 8.71. The summed E-state index contributed by atoms with van der Waals surface area (Å²) in [7, 11) is 2.87. The predicted octanol–water partition coefficient (Wildman–Crippen LogP) is 2.01. The summed E-state index contributed by atoms with van der Waals surface area (Å²) < 4.78 is 9.53. The molecule has 1 aromatic carbocycles. The van der Waals surface area contributed by atoms with Gasteiger partial charge in [0, 0.05) is 6.08 Å². The third-order valence-corrected chi connectivity index (χ3v) is 2.27. The molecule has 0 unspecified atom stereocenters. The second-order valence-electron chi connectivity index (χ2n) is 3.34. The number of aldehydes is 1. The summed E-state index contributed by atoms with van der Waals surface area (Å²) in [4.78, 5) is 21.6. The van der Waals surface area contributed by atoms with Gasteiger partial charge >= 0.3 is 5.97 Å². The molecule has 0 amide bonds. The van der Waals surface area contributed by atoms with Crippen molar-refractivity contribution in [3.05, 3.63) is 48.1 Å². The van der Waals surface area contributed by atoms with Crippen LogP contribution in [0.15, 0.2) is 42.5 Å². The largest absolute Gasteiger partial charge is 0.497 e. The zero-order valence-electron chi connectivity index (χ0n) is 10.3. The van der Waals surface area contributed by atoms with Crippen LogP contribution in [0.4, 0.5) is 0 Å². The Labute approximate surface area is 106 Å². The van der Waals surface area contributed by atoms with Gasteiger partial charge in [0.05, 0.1) is 14.2 Å². The van der Waals surface area contributed by atoms with Crippen LogP contribution in [0.1, 0.15) is 5.56 Å². The molecular formula is C14H14O4. The highest BCUT2D eigenvalue weighted by Crippen LogP contribution is 2.19. The van der Waals surface area contributed by atoms with E-state index < -0.39 is 5.97 Å². The first-order valence-corrected chi connectivity index (χ1v) is 5.27. The van der Waals surface area contributed by atoms with Crippen LogP contribution >= 0.6 is 0 Å². The molecule has 1 rings (SSSR count). The van der Waals surface area contributed by atoms with Crippen molar-refractivity contribution in [1.82, 2.24) is 0 Å². The minimum Gasteiger partial charge on any atom is -0.497 e. The predicted molar refractivity (Wildman–Crippen MR) is 68.2 cm³/mol. The molecule has 0 aliphatic carbocycles. The van der Waals surface area contributed by atoms with Crippen LogP contribution in [0.3, 0.4) is 0 Å². The van der Waals surface area contributed by atoms with E-state index in [4.69, 9.17) is 4.74 Å². The van der Waals surface area contributed by atoms with Crippen molar-refractivity contribution in [1.29, 1.82) is 0 Å². The summed E-state index contributed by atoms with van der Waals surface area (Å²) in [6.45, 7) is 0. The van der Waals surface area contributed by atoms with Crippen molar-refractivity contribution < 1.29 is 19.1 Å². The minimum absolute atomic E-state index is 0.472. The number of carbonyl (C=O) groups excluding carboxylic acids is 2. The average Bonchev–Trinajstić information content (AvgIpc) is 2.43. The summed E-state index contributed by atoms with van der Waals surface area (Å²) in [6, 6.07) is 7.16. The van der Waals surface area contributed by atoms with Crippen molar-refractivity contribution in [3.8, 4) is 5.75 Å². The molecule has 94 valence electrons. The lowest BCUT2D eigenvalue weighted by Gasteiger charge is -2.03. The first kappa shape index (κ1) is 13.7. The Bertz CT molecular complexity index is 469. The van der Waals surface area contributed by atoms with Gasteiger partial charge in [-0.2, -0.15) is 0 Å². The van der Waals surface area contributed by atoms with E-state index in [1.165, 1.54) is 25.3 Å². The molecule has 0 atom stereocenters. The number of methoxy groups -OCH3 is 2. The Morgan fingerprint density at radius 1 is 1.11 bits per heavy atom. The third kappa shape index (κ3) is 3.90. The molecule has 0 aliphatic heterocycles. The minimum atomic E-state index is -0.472. The van der Waals surface area contributed by atoms with Crippen molar-refractivity contribution in [2.45, 2.75) is 0 Å². The molecule has 0 bridgehead atoms. The van der Waals surface area contributed by atoms with E-state index in [1.54, 1.807) is 31.4 Å². The van der Waals surface area contributed by atoms with Crippen LogP contribution < -0.4 is 4.74 Å². The summed E-state index contributed by atoms with van der Waals surface area (Å²) in [5.41, 5.74) is 1.43. The van der Waals surface area contributed by atoms with Crippen molar-refractivity contribution in [2.75, 3.05) is 14.2 Å². The highest BCUT2D eigenvalue weighted by molar-refractivity contribution is 5.91. The molecule has 0 N–H and O–H groups in total. The summed E-state index contributed by atoms with van der Waals surface area (Å²) >= 11 is 0. The summed E-state index contributed by atoms with van der Waals surface area (Å²) in [5.74, 6) is 0.251. The Kier molecular flexibility index (Phi) is 5.38. The van der Waals surface area contributed by atoms with Crippen LogP contribution in [-0.4, -0.2) is 26.5 Å². The normalized spacial score (nSPS) is 11.3. The van der Waals surface area contributed by atoms with Crippen molar-refractivity contribution >= 4 is 17.8 Å². The fourth-order valence-electron chi connectivity index (χ4n) is 1.33. The average molecular weight is 246 g/mol. The quantitative estimate of drug-likeness (QED) is 0.345. The molecule has 4 heteroatoms. The number of hydrogen-bond acceptors (Lipinski definition) is 4. The standard InChI is InChI=1S/C14H14O4/c1-17-13-6-3-11(4-7-13)12(9-10-15)5-8-14(16)18-2/h3-10H,1-2H3/b8-5+,12-9+. The maximum atomic E-state index is 11.0. The van der Waals surface area contributed by atoms with Gasteiger partial charge in [-0.1, -0.05) is 12.1 Å². The van der Waals surface area contributed by atoms with Crippen LogP contribution in [0.2, 0.25) is 0 Å². The number of hydrogen-bond donors (Lipinski definition) is 0. The lowest BCUT2D eigenvalue weighted by atomic mass is 10.1. The lowest BCUT2D eigenvalue weighted by molar-refractivity contribution is -0.134. The molecule has 4 nitrogen and oxygen atoms in total. The molecular weight excluding hydrogens is 232 g/mol. The summed E-state index contributed by atoms with van der Waals surface area (Å²) in [6.07, 6.45) is 4.84. The smallest absolute Gasteiger partial charge is 0.330 e. The van der Waals surface area contributed by atoms with Gasteiger partial charge in [0.2, 0.25) is 0 Å². The van der Waals surface area contributed by atoms with Gasteiger partial charge in [-0.3, -0.25) is 4.79 Å². The van der Waals surface area contributed by atoms with E-state index in [-0.39, 0.29) is 0 Å². The highest BCUT2D eigenvalue weighted by atomic mass is 16.5. The Hall–Kier alpha value is -2.36. The van der Waals surface area contributed by atoms with Crippen LogP contribution in [-0.2, 0) is 14.3 Å². The van der Waals surface area contributed by atoms with E-state index in [1.807, 2.05) is 0 Å². The van der Waals surface area contributed by atoms with E-state index >= 15 is 0 Å². The molecule has 0 heterocycles. The molecule has 0 radical (unpaired) electrons. The van der Waals surface area contributed by atoms with E-state index in [0.29, 0.717) is 11.9 Å². The first-order valence-electron chi connectivity index (χ1n) is 5.27. The fraction of sp³-hybridized carbons (Fsp3) is 0.143. The van der Waals surface area contributed by atoms with Gasteiger partial charge < -0.3 is 9.47 Å². The Morgan fingerprint density at radius 2 is 1.78 bits per heavy atom. The second-order valence-corrected chi connectivity index (χ2v) is 3.34. The van der Waals surface area contributed by atoms with E-state index in [2.05, 4.69) is 4.74 Å². The van der Waals surface area contributed by atoms with Crippen LogP contribution in [0, 0.1) is 0 Å². The van der Waals surface area contributed by atoms with Crippen molar-refractivity contribution in [2.24, 2.45) is 0 Å². The lowest BCUT2D eigenvalue weighted by Crippen LogP contribution is -1.94. The van der Waals surface area contributed by atoms with E-state index in [9.17, 15) is 9.59 Å². The Balaban J connectivity index is 2.97. The molecule has 0 aliphatic rings.